The first-order valence-corrected chi connectivity index (χ1v) is 9.67. The van der Waals surface area contributed by atoms with E-state index in [1.165, 1.54) is 6.07 Å². The lowest BCUT2D eigenvalue weighted by Gasteiger charge is -2.07. The molecule has 0 bridgehead atoms. The van der Waals surface area contributed by atoms with E-state index in [1.54, 1.807) is 30.6 Å². The Morgan fingerprint density at radius 1 is 1.13 bits per heavy atom. The van der Waals surface area contributed by atoms with E-state index in [2.05, 4.69) is 20.5 Å². The molecule has 3 rings (SSSR count). The number of aryl methyl sites for hydroxylation is 1. The minimum atomic E-state index is -4.41. The van der Waals surface area contributed by atoms with Crippen LogP contribution in [0.4, 0.5) is 13.2 Å². The molecule has 0 aliphatic heterocycles. The molecule has 0 spiro atoms. The molecule has 0 saturated heterocycles. The topological polar surface area (TPSA) is 90.1 Å². The minimum Gasteiger partial charge on any atom is -0.492 e. The van der Waals surface area contributed by atoms with Crippen molar-refractivity contribution in [1.29, 1.82) is 0 Å². The third-order valence-electron chi connectivity index (χ3n) is 4.23. The molecule has 0 saturated carbocycles. The number of nitrogens with zero attached hydrogens (tertiary/aromatic N) is 3. The van der Waals surface area contributed by atoms with Gasteiger partial charge in [0.05, 0.1) is 24.8 Å². The number of alkyl halides is 3. The van der Waals surface area contributed by atoms with E-state index < -0.39 is 11.7 Å². The number of benzene rings is 1. The molecule has 0 radical (unpaired) electrons. The summed E-state index contributed by atoms with van der Waals surface area (Å²) >= 11 is 0. The quantitative estimate of drug-likeness (QED) is 0.491. The van der Waals surface area contributed by atoms with Gasteiger partial charge in [0, 0.05) is 25.6 Å². The second-order valence-electron chi connectivity index (χ2n) is 6.71. The number of hydrogen-bond donors (Lipinski definition) is 1. The van der Waals surface area contributed by atoms with E-state index in [0.29, 0.717) is 30.9 Å². The average molecular weight is 434 g/mol. The number of carbonyl (C=O) groups excluding carboxylic acids is 1. The zero-order chi connectivity index (χ0) is 22.1. The van der Waals surface area contributed by atoms with E-state index >= 15 is 0 Å². The molecule has 2 aromatic heterocycles. The molecule has 3 aromatic rings. The van der Waals surface area contributed by atoms with Crippen LogP contribution in [-0.4, -0.2) is 34.2 Å². The standard InChI is InChI=1S/C21H21F3N4O3/c22-21(23,24)16-5-1-4-15(12-16)13-20-28-27-19(31-20)8-7-18(29)26-10-3-11-30-17-6-2-9-25-14-17/h1-2,4-6,9,12,14H,3,7-8,10-11,13H2,(H,26,29). The number of amides is 1. The second-order valence-corrected chi connectivity index (χ2v) is 6.71. The second kappa shape index (κ2) is 10.6. The number of rotatable bonds is 10. The van der Waals surface area contributed by atoms with Crippen LogP contribution in [0.5, 0.6) is 5.75 Å². The van der Waals surface area contributed by atoms with Crippen LogP contribution in [0.1, 0.15) is 35.7 Å². The Balaban J connectivity index is 1.36. The maximum Gasteiger partial charge on any atom is 0.416 e. The largest absolute Gasteiger partial charge is 0.492 e. The third-order valence-corrected chi connectivity index (χ3v) is 4.23. The van der Waals surface area contributed by atoms with Gasteiger partial charge in [0.25, 0.3) is 0 Å². The van der Waals surface area contributed by atoms with Gasteiger partial charge in [0.1, 0.15) is 5.75 Å². The Morgan fingerprint density at radius 2 is 1.97 bits per heavy atom. The molecule has 2 heterocycles. The number of aromatic nitrogens is 3. The molecule has 10 heteroatoms. The number of ether oxygens (including phenoxy) is 1. The van der Waals surface area contributed by atoms with Crippen molar-refractivity contribution in [3.05, 3.63) is 71.7 Å². The highest BCUT2D eigenvalue weighted by Crippen LogP contribution is 2.29. The Labute approximate surface area is 176 Å². The summed E-state index contributed by atoms with van der Waals surface area (Å²) < 4.78 is 49.3. The van der Waals surface area contributed by atoms with Crippen LogP contribution in [0, 0.1) is 0 Å². The first kappa shape index (κ1) is 22.3. The van der Waals surface area contributed by atoms with Crippen LogP contribution < -0.4 is 10.1 Å². The van der Waals surface area contributed by atoms with Gasteiger partial charge in [-0.25, -0.2) is 0 Å². The lowest BCUT2D eigenvalue weighted by atomic mass is 10.1. The smallest absolute Gasteiger partial charge is 0.416 e. The van der Waals surface area contributed by atoms with Crippen LogP contribution in [0.15, 0.2) is 53.2 Å². The maximum atomic E-state index is 12.8. The van der Waals surface area contributed by atoms with E-state index in [-0.39, 0.29) is 37.0 Å². The van der Waals surface area contributed by atoms with Crippen molar-refractivity contribution in [3.8, 4) is 5.75 Å². The maximum absolute atomic E-state index is 12.8. The summed E-state index contributed by atoms with van der Waals surface area (Å²) in [6.07, 6.45) is -0.00600. The predicted octanol–water partition coefficient (Wildman–Crippen LogP) is 3.59. The van der Waals surface area contributed by atoms with Crippen molar-refractivity contribution >= 4 is 5.91 Å². The van der Waals surface area contributed by atoms with Crippen molar-refractivity contribution in [2.75, 3.05) is 13.2 Å². The van der Waals surface area contributed by atoms with Gasteiger partial charge in [-0.1, -0.05) is 18.2 Å². The Bertz CT molecular complexity index is 977. The van der Waals surface area contributed by atoms with Crippen molar-refractivity contribution in [3.63, 3.8) is 0 Å². The SMILES string of the molecule is O=C(CCc1nnc(Cc2cccc(C(F)(F)F)c2)o1)NCCCOc1cccnc1. The Hall–Kier alpha value is -3.43. The summed E-state index contributed by atoms with van der Waals surface area (Å²) in [5.41, 5.74) is -0.316. The first-order chi connectivity index (χ1) is 14.9. The number of carbonyl (C=O) groups is 1. The summed E-state index contributed by atoms with van der Waals surface area (Å²) in [6.45, 7) is 0.915. The van der Waals surface area contributed by atoms with Gasteiger partial charge in [0.2, 0.25) is 17.7 Å². The van der Waals surface area contributed by atoms with Gasteiger partial charge in [-0.15, -0.1) is 10.2 Å². The van der Waals surface area contributed by atoms with Crippen molar-refractivity contribution in [2.24, 2.45) is 0 Å². The zero-order valence-corrected chi connectivity index (χ0v) is 16.6. The van der Waals surface area contributed by atoms with E-state index in [9.17, 15) is 18.0 Å². The number of pyridine rings is 1. The average Bonchev–Trinajstić information content (AvgIpc) is 3.19. The fraction of sp³-hybridized carbons (Fsp3) is 0.333. The fourth-order valence-electron chi connectivity index (χ4n) is 2.72. The minimum absolute atomic E-state index is 0.0834. The summed E-state index contributed by atoms with van der Waals surface area (Å²) in [6, 6.07) is 8.53. The molecule has 1 N–H and O–H groups in total. The predicted molar refractivity (Wildman–Crippen MR) is 104 cm³/mol. The monoisotopic (exact) mass is 434 g/mol. The summed E-state index contributed by atoms with van der Waals surface area (Å²) in [5.74, 6) is 0.962. The van der Waals surface area contributed by atoms with Gasteiger partial charge in [0.15, 0.2) is 0 Å². The van der Waals surface area contributed by atoms with Crippen LogP contribution in [-0.2, 0) is 23.8 Å². The molecule has 0 aliphatic carbocycles. The zero-order valence-electron chi connectivity index (χ0n) is 16.6. The van der Waals surface area contributed by atoms with E-state index in [0.717, 1.165) is 12.1 Å². The molecule has 0 atom stereocenters. The normalized spacial score (nSPS) is 11.3. The molecule has 7 nitrogen and oxygen atoms in total. The van der Waals surface area contributed by atoms with Crippen LogP contribution in [0.25, 0.3) is 0 Å². The highest BCUT2D eigenvalue weighted by Gasteiger charge is 2.30. The number of hydrogen-bond acceptors (Lipinski definition) is 6. The van der Waals surface area contributed by atoms with Crippen LogP contribution in [0.3, 0.4) is 0 Å². The number of halogens is 3. The Kier molecular flexibility index (Phi) is 7.58. The van der Waals surface area contributed by atoms with Gasteiger partial charge < -0.3 is 14.5 Å². The Morgan fingerprint density at radius 3 is 2.74 bits per heavy atom. The molecule has 1 aromatic carbocycles. The summed E-state index contributed by atoms with van der Waals surface area (Å²) in [4.78, 5) is 15.9. The lowest BCUT2D eigenvalue weighted by Crippen LogP contribution is -2.25. The molecular formula is C21H21F3N4O3. The molecule has 164 valence electrons. The first-order valence-electron chi connectivity index (χ1n) is 9.67. The van der Waals surface area contributed by atoms with Gasteiger partial charge in [-0.05, 0) is 30.2 Å². The van der Waals surface area contributed by atoms with E-state index in [4.69, 9.17) is 9.15 Å². The summed E-state index contributed by atoms with van der Waals surface area (Å²) in [7, 11) is 0. The van der Waals surface area contributed by atoms with Crippen molar-refractivity contribution in [2.45, 2.75) is 31.9 Å². The van der Waals surface area contributed by atoms with Gasteiger partial charge in [-0.2, -0.15) is 13.2 Å². The molecule has 0 unspecified atom stereocenters. The third kappa shape index (κ3) is 7.40. The highest BCUT2D eigenvalue weighted by atomic mass is 19.4. The van der Waals surface area contributed by atoms with Crippen molar-refractivity contribution in [1.82, 2.24) is 20.5 Å². The van der Waals surface area contributed by atoms with Gasteiger partial charge >= 0.3 is 6.18 Å². The molecule has 0 aliphatic rings. The van der Waals surface area contributed by atoms with E-state index in [1.807, 2.05) is 0 Å². The summed E-state index contributed by atoms with van der Waals surface area (Å²) in [5, 5.41) is 10.5. The van der Waals surface area contributed by atoms with Crippen LogP contribution in [0.2, 0.25) is 0 Å². The lowest BCUT2D eigenvalue weighted by molar-refractivity contribution is -0.137. The van der Waals surface area contributed by atoms with Gasteiger partial charge in [-0.3, -0.25) is 9.78 Å². The molecule has 0 fully saturated rings. The number of nitrogens with one attached hydrogen (secondary N) is 1. The van der Waals surface area contributed by atoms with Crippen LogP contribution >= 0.6 is 0 Å². The molecule has 1 amide bonds. The fourth-order valence-corrected chi connectivity index (χ4v) is 2.72. The van der Waals surface area contributed by atoms with Crippen molar-refractivity contribution < 1.29 is 27.1 Å². The highest BCUT2D eigenvalue weighted by molar-refractivity contribution is 5.75. The molecule has 31 heavy (non-hydrogen) atoms. The molecular weight excluding hydrogens is 413 g/mol.